The number of carbonyl (C=O) groups excluding carboxylic acids is 1. The molecule has 0 heterocycles. The minimum absolute atomic E-state index is 0.0418. The van der Waals surface area contributed by atoms with Gasteiger partial charge in [0, 0.05) is 5.56 Å². The SMILES string of the molecule is COc1cc(C)c(N=C(N/N=C\c2ccc(C(N)=NC=Nc3ccc(OC(F)(F)F)cc3)cc2)SCOC(=O)C(C)(C)C)c(C)c1. The second-order valence-corrected chi connectivity index (χ2v) is 11.7. The number of thioether (sulfide) groups is 1. The van der Waals surface area contributed by atoms with Crippen molar-refractivity contribution in [1.29, 1.82) is 0 Å². The smallest absolute Gasteiger partial charge is 0.497 e. The fraction of sp³-hybridized carbons (Fsp3) is 0.281. The summed E-state index contributed by atoms with van der Waals surface area (Å²) in [6, 6.07) is 15.8. The molecule has 0 aliphatic carbocycles. The average Bonchev–Trinajstić information content (AvgIpc) is 2.98. The highest BCUT2D eigenvalue weighted by Gasteiger charge is 2.31. The zero-order valence-electron chi connectivity index (χ0n) is 26.2. The maximum Gasteiger partial charge on any atom is 0.573 e. The Kier molecular flexibility index (Phi) is 12.3. The molecule has 0 saturated carbocycles. The summed E-state index contributed by atoms with van der Waals surface area (Å²) in [5, 5.41) is 4.74. The van der Waals surface area contributed by atoms with Crippen molar-refractivity contribution in [2.24, 2.45) is 31.2 Å². The van der Waals surface area contributed by atoms with Gasteiger partial charge in [0.15, 0.2) is 5.17 Å². The predicted octanol–water partition coefficient (Wildman–Crippen LogP) is 7.17. The summed E-state index contributed by atoms with van der Waals surface area (Å²) in [7, 11) is 1.60. The van der Waals surface area contributed by atoms with Crippen LogP contribution in [0, 0.1) is 19.3 Å². The highest BCUT2D eigenvalue weighted by Crippen LogP contribution is 2.30. The maximum absolute atomic E-state index is 12.3. The topological polar surface area (TPSA) is 132 Å². The lowest BCUT2D eigenvalue weighted by molar-refractivity contribution is -0.274. The lowest BCUT2D eigenvalue weighted by atomic mass is 9.98. The Balaban J connectivity index is 1.68. The largest absolute Gasteiger partial charge is 0.573 e. The number of hydrogen-bond donors (Lipinski definition) is 2. The molecule has 0 amide bonds. The van der Waals surface area contributed by atoms with Gasteiger partial charge in [-0.2, -0.15) is 5.10 Å². The van der Waals surface area contributed by atoms with Crippen LogP contribution >= 0.6 is 11.8 Å². The normalized spacial score (nSPS) is 12.9. The van der Waals surface area contributed by atoms with Crippen molar-refractivity contribution < 1.29 is 32.2 Å². The molecule has 3 aromatic rings. The summed E-state index contributed by atoms with van der Waals surface area (Å²) >= 11 is 1.19. The van der Waals surface area contributed by atoms with E-state index in [0.29, 0.717) is 16.4 Å². The van der Waals surface area contributed by atoms with Crippen molar-refractivity contribution in [2.45, 2.75) is 41.0 Å². The number of esters is 1. The molecule has 0 unspecified atom stereocenters. The zero-order valence-corrected chi connectivity index (χ0v) is 27.0. The average molecular weight is 657 g/mol. The van der Waals surface area contributed by atoms with E-state index in [9.17, 15) is 18.0 Å². The number of benzene rings is 3. The number of ether oxygens (including phenoxy) is 3. The van der Waals surface area contributed by atoms with Crippen molar-refractivity contribution in [3.63, 3.8) is 0 Å². The second kappa shape index (κ2) is 15.9. The number of halogens is 3. The maximum atomic E-state index is 12.3. The Bertz CT molecular complexity index is 1590. The minimum atomic E-state index is -4.77. The quantitative estimate of drug-likeness (QED) is 0.0778. The van der Waals surface area contributed by atoms with Gasteiger partial charge in [-0.25, -0.2) is 15.0 Å². The van der Waals surface area contributed by atoms with Gasteiger partial charge in [-0.3, -0.25) is 10.2 Å². The van der Waals surface area contributed by atoms with Gasteiger partial charge >= 0.3 is 12.3 Å². The van der Waals surface area contributed by atoms with Gasteiger partial charge in [0.2, 0.25) is 0 Å². The van der Waals surface area contributed by atoms with E-state index in [4.69, 9.17) is 20.2 Å². The number of hydrogen-bond acceptors (Lipinski definition) is 8. The molecule has 0 fully saturated rings. The number of carbonyl (C=O) groups is 1. The van der Waals surface area contributed by atoms with E-state index in [1.807, 2.05) is 26.0 Å². The number of rotatable bonds is 10. The molecule has 0 aliphatic rings. The van der Waals surface area contributed by atoms with Gasteiger partial charge in [0.1, 0.15) is 29.6 Å². The highest BCUT2D eigenvalue weighted by molar-refractivity contribution is 8.13. The van der Waals surface area contributed by atoms with Crippen LogP contribution in [-0.4, -0.2) is 48.9 Å². The minimum Gasteiger partial charge on any atom is -0.497 e. The zero-order chi connectivity index (χ0) is 33.9. The molecular formula is C32H35F3N6O4S. The van der Waals surface area contributed by atoms with Crippen LogP contribution in [0.2, 0.25) is 0 Å². The van der Waals surface area contributed by atoms with Gasteiger partial charge in [0.05, 0.1) is 30.1 Å². The molecule has 3 N–H and O–H groups in total. The Morgan fingerprint density at radius 1 is 0.978 bits per heavy atom. The molecule has 3 aromatic carbocycles. The summed E-state index contributed by atoms with van der Waals surface area (Å²) in [5.41, 5.74) is 12.6. The van der Waals surface area contributed by atoms with Crippen molar-refractivity contribution in [3.05, 3.63) is 82.9 Å². The summed E-state index contributed by atoms with van der Waals surface area (Å²) in [6.45, 7) is 9.20. The number of nitrogens with two attached hydrogens (primary N) is 1. The number of aryl methyl sites for hydroxylation is 2. The van der Waals surface area contributed by atoms with E-state index in [1.54, 1.807) is 58.4 Å². The Morgan fingerprint density at radius 2 is 1.61 bits per heavy atom. The third-order valence-electron chi connectivity index (χ3n) is 5.97. The first-order valence-electron chi connectivity index (χ1n) is 13.8. The van der Waals surface area contributed by atoms with Gasteiger partial charge in [-0.1, -0.05) is 24.3 Å². The van der Waals surface area contributed by atoms with Crippen molar-refractivity contribution in [2.75, 3.05) is 13.0 Å². The fourth-order valence-electron chi connectivity index (χ4n) is 3.62. The summed E-state index contributed by atoms with van der Waals surface area (Å²) in [4.78, 5) is 25.1. The molecule has 0 spiro atoms. The first kappa shape index (κ1) is 35.6. The molecule has 0 atom stereocenters. The van der Waals surface area contributed by atoms with Crippen LogP contribution in [-0.2, 0) is 9.53 Å². The number of methoxy groups -OCH3 is 1. The molecule has 0 aliphatic heterocycles. The first-order chi connectivity index (χ1) is 21.6. The Hall–Kier alpha value is -4.85. The Labute approximate surface area is 269 Å². The van der Waals surface area contributed by atoms with E-state index < -0.39 is 11.8 Å². The lowest BCUT2D eigenvalue weighted by Gasteiger charge is -2.16. The van der Waals surface area contributed by atoms with Crippen LogP contribution in [0.5, 0.6) is 11.5 Å². The van der Waals surface area contributed by atoms with Crippen LogP contribution in [0.25, 0.3) is 0 Å². The first-order valence-corrected chi connectivity index (χ1v) is 14.8. The summed E-state index contributed by atoms with van der Waals surface area (Å²) in [6.07, 6.45) is -1.97. The molecule has 10 nitrogen and oxygen atoms in total. The van der Waals surface area contributed by atoms with Crippen LogP contribution in [0.4, 0.5) is 24.5 Å². The summed E-state index contributed by atoms with van der Waals surface area (Å²) in [5.74, 6) is 0.271. The monoisotopic (exact) mass is 656 g/mol. The number of alkyl halides is 3. The third-order valence-corrected chi connectivity index (χ3v) is 6.66. The van der Waals surface area contributed by atoms with Crippen molar-refractivity contribution in [3.8, 4) is 11.5 Å². The molecule has 0 aromatic heterocycles. The number of amidine groups is 2. The van der Waals surface area contributed by atoms with Crippen LogP contribution in [0.1, 0.15) is 43.0 Å². The number of hydrazone groups is 1. The van der Waals surface area contributed by atoms with E-state index >= 15 is 0 Å². The molecule has 46 heavy (non-hydrogen) atoms. The summed E-state index contributed by atoms with van der Waals surface area (Å²) < 4.78 is 51.5. The fourth-order valence-corrected chi connectivity index (χ4v) is 4.18. The van der Waals surface area contributed by atoms with Crippen molar-refractivity contribution in [1.82, 2.24) is 5.43 Å². The Morgan fingerprint density at radius 3 is 2.17 bits per heavy atom. The van der Waals surface area contributed by atoms with E-state index in [0.717, 1.165) is 40.3 Å². The molecule has 14 heteroatoms. The standard InChI is InChI=1S/C32H35F3N6O4S/c1-20-15-26(43-6)16-21(2)27(20)40-30(46-19-44-29(42)31(3,4)5)41-39-17-22-7-9-23(10-8-22)28(36)38-18-37-24-11-13-25(14-12-24)45-32(33,34)35/h7-18H,19H2,1-6H3,(H,40,41)(H2,36,37,38)/b39-17-. The number of aliphatic imine (C=N–C) groups is 3. The highest BCUT2D eigenvalue weighted by atomic mass is 32.2. The van der Waals surface area contributed by atoms with Gasteiger partial charge in [0.25, 0.3) is 0 Å². The van der Waals surface area contributed by atoms with E-state index in [-0.39, 0.29) is 23.5 Å². The van der Waals surface area contributed by atoms with Gasteiger partial charge < -0.3 is 19.9 Å². The van der Waals surface area contributed by atoms with Crippen LogP contribution in [0.3, 0.4) is 0 Å². The van der Waals surface area contributed by atoms with Crippen molar-refractivity contribution >= 4 is 52.7 Å². The predicted molar refractivity (Wildman–Crippen MR) is 177 cm³/mol. The lowest BCUT2D eigenvalue weighted by Crippen LogP contribution is -2.24. The molecule has 0 saturated heterocycles. The molecule has 3 rings (SSSR count). The van der Waals surface area contributed by atoms with Crippen LogP contribution < -0.4 is 20.6 Å². The molecule has 0 bridgehead atoms. The van der Waals surface area contributed by atoms with E-state index in [1.165, 1.54) is 30.2 Å². The molecule has 244 valence electrons. The number of nitrogens with one attached hydrogen (secondary N) is 1. The molecule has 0 radical (unpaired) electrons. The van der Waals surface area contributed by atoms with Crippen LogP contribution in [0.15, 0.2) is 80.7 Å². The third kappa shape index (κ3) is 11.6. The van der Waals surface area contributed by atoms with Gasteiger partial charge in [-0.05, 0) is 99.5 Å². The molecular weight excluding hydrogens is 621 g/mol. The second-order valence-electron chi connectivity index (χ2n) is 10.8. The van der Waals surface area contributed by atoms with E-state index in [2.05, 4.69) is 25.2 Å². The number of nitrogens with zero attached hydrogens (tertiary/aromatic N) is 4. The van der Waals surface area contributed by atoms with Gasteiger partial charge in [-0.15, -0.1) is 13.2 Å².